The summed E-state index contributed by atoms with van der Waals surface area (Å²) < 4.78 is 10.1. The van der Waals surface area contributed by atoms with E-state index < -0.39 is 0 Å². The quantitative estimate of drug-likeness (QED) is 0.829. The molecular weight excluding hydrogens is 244 g/mol. The number of aliphatic hydroxyl groups excluding tert-OH is 1. The fraction of sp³-hybridized carbons (Fsp3) is 0.533. The van der Waals surface area contributed by atoms with Crippen LogP contribution >= 0.6 is 0 Å². The number of hydrogen-bond donors (Lipinski definition) is 1. The zero-order valence-corrected chi connectivity index (χ0v) is 12.0. The molecule has 1 aromatic rings. The predicted octanol–water partition coefficient (Wildman–Crippen LogP) is 2.07. The molecule has 0 radical (unpaired) electrons. The van der Waals surface area contributed by atoms with Crippen LogP contribution in [0.25, 0.3) is 0 Å². The number of benzene rings is 1. The third-order valence-electron chi connectivity index (χ3n) is 2.77. The zero-order chi connectivity index (χ0) is 14.5. The molecule has 0 aromatic heterocycles. The van der Waals surface area contributed by atoms with Crippen molar-refractivity contribution in [1.29, 1.82) is 0 Å². The second-order valence-corrected chi connectivity index (χ2v) is 5.44. The van der Waals surface area contributed by atoms with Crippen LogP contribution in [0.15, 0.2) is 18.2 Å². The third-order valence-corrected chi connectivity index (χ3v) is 2.77. The van der Waals surface area contributed by atoms with Gasteiger partial charge in [-0.2, -0.15) is 0 Å². The van der Waals surface area contributed by atoms with Gasteiger partial charge in [0, 0.05) is 0 Å². The Kier molecular flexibility index (Phi) is 5.36. The molecule has 0 amide bonds. The van der Waals surface area contributed by atoms with Crippen molar-refractivity contribution < 1.29 is 19.4 Å². The molecule has 4 heteroatoms. The Morgan fingerprint density at radius 1 is 1.26 bits per heavy atom. The average Bonchev–Trinajstić information content (AvgIpc) is 2.34. The largest absolute Gasteiger partial charge is 0.497 e. The van der Waals surface area contributed by atoms with Crippen LogP contribution in [0.5, 0.6) is 5.75 Å². The predicted molar refractivity (Wildman–Crippen MR) is 73.4 cm³/mol. The van der Waals surface area contributed by atoms with Crippen molar-refractivity contribution in [2.24, 2.45) is 0 Å². The maximum Gasteiger partial charge on any atom is 0.310 e. The molecule has 0 saturated heterocycles. The summed E-state index contributed by atoms with van der Waals surface area (Å²) in [5.41, 5.74) is 1.95. The molecule has 0 aliphatic rings. The highest BCUT2D eigenvalue weighted by Gasteiger charge is 2.16. The molecule has 0 saturated carbocycles. The molecule has 0 spiro atoms. The number of aliphatic hydroxyl groups is 1. The van der Waals surface area contributed by atoms with E-state index in [-0.39, 0.29) is 31.0 Å². The van der Waals surface area contributed by atoms with Gasteiger partial charge in [-0.25, -0.2) is 0 Å². The van der Waals surface area contributed by atoms with Gasteiger partial charge in [0.25, 0.3) is 0 Å². The fourth-order valence-corrected chi connectivity index (χ4v) is 1.69. The van der Waals surface area contributed by atoms with Gasteiger partial charge >= 0.3 is 5.97 Å². The summed E-state index contributed by atoms with van der Waals surface area (Å²) in [5, 5.41) is 8.62. The van der Waals surface area contributed by atoms with Gasteiger partial charge < -0.3 is 14.6 Å². The van der Waals surface area contributed by atoms with E-state index in [2.05, 4.69) is 20.8 Å². The maximum absolute atomic E-state index is 11.6. The molecule has 0 fully saturated rings. The number of carbonyl (C=O) groups is 1. The number of esters is 1. The molecule has 0 aliphatic heterocycles. The van der Waals surface area contributed by atoms with Crippen LogP contribution in [-0.4, -0.2) is 31.4 Å². The average molecular weight is 266 g/mol. The van der Waals surface area contributed by atoms with Gasteiger partial charge in [-0.15, -0.1) is 0 Å². The van der Waals surface area contributed by atoms with Gasteiger partial charge in [-0.05, 0) is 28.7 Å². The highest BCUT2D eigenvalue weighted by atomic mass is 16.5. The Balaban J connectivity index is 2.91. The minimum atomic E-state index is -0.345. The molecule has 106 valence electrons. The van der Waals surface area contributed by atoms with E-state index in [4.69, 9.17) is 14.6 Å². The Labute approximate surface area is 114 Å². The van der Waals surface area contributed by atoms with Crippen LogP contribution in [0.3, 0.4) is 0 Å². The van der Waals surface area contributed by atoms with Crippen LogP contribution in [0.4, 0.5) is 0 Å². The van der Waals surface area contributed by atoms with Gasteiger partial charge in [0.2, 0.25) is 0 Å². The Bertz CT molecular complexity index is 432. The SMILES string of the molecule is COc1cc(CC(=O)OCCO)cc(C(C)(C)C)c1. The summed E-state index contributed by atoms with van der Waals surface area (Å²) in [6.07, 6.45) is 0.181. The summed E-state index contributed by atoms with van der Waals surface area (Å²) in [4.78, 5) is 11.6. The lowest BCUT2D eigenvalue weighted by Gasteiger charge is -2.21. The standard InChI is InChI=1S/C15H22O4/c1-15(2,3)12-7-11(8-13(10-12)18-4)9-14(17)19-6-5-16/h7-8,10,16H,5-6,9H2,1-4H3. The first kappa shape index (κ1) is 15.5. The number of ether oxygens (including phenoxy) is 2. The molecule has 1 rings (SSSR count). The highest BCUT2D eigenvalue weighted by molar-refractivity contribution is 5.72. The van der Waals surface area contributed by atoms with Crippen LogP contribution < -0.4 is 4.74 Å². The van der Waals surface area contributed by atoms with E-state index in [9.17, 15) is 4.79 Å². The molecule has 0 bridgehead atoms. The Morgan fingerprint density at radius 3 is 2.47 bits per heavy atom. The summed E-state index contributed by atoms with van der Waals surface area (Å²) in [6, 6.07) is 5.79. The van der Waals surface area contributed by atoms with Crippen LogP contribution in [-0.2, 0) is 21.4 Å². The number of carbonyl (C=O) groups excluding carboxylic acids is 1. The number of methoxy groups -OCH3 is 1. The van der Waals surface area contributed by atoms with Crippen LogP contribution in [0.2, 0.25) is 0 Å². The van der Waals surface area contributed by atoms with E-state index >= 15 is 0 Å². The normalized spacial score (nSPS) is 11.2. The minimum Gasteiger partial charge on any atom is -0.497 e. The minimum absolute atomic E-state index is 0.0156. The lowest BCUT2D eigenvalue weighted by atomic mass is 9.85. The van der Waals surface area contributed by atoms with Gasteiger partial charge in [-0.1, -0.05) is 26.8 Å². The van der Waals surface area contributed by atoms with Crippen LogP contribution in [0.1, 0.15) is 31.9 Å². The molecule has 0 aliphatic carbocycles. The van der Waals surface area contributed by atoms with Gasteiger partial charge in [0.1, 0.15) is 12.4 Å². The Morgan fingerprint density at radius 2 is 1.95 bits per heavy atom. The molecule has 0 atom stereocenters. The first-order valence-electron chi connectivity index (χ1n) is 6.31. The smallest absolute Gasteiger partial charge is 0.310 e. The van der Waals surface area contributed by atoms with Crippen molar-refractivity contribution in [3.05, 3.63) is 29.3 Å². The molecule has 19 heavy (non-hydrogen) atoms. The van der Waals surface area contributed by atoms with Crippen molar-refractivity contribution in [2.75, 3.05) is 20.3 Å². The molecular formula is C15H22O4. The first-order valence-corrected chi connectivity index (χ1v) is 6.31. The lowest BCUT2D eigenvalue weighted by Crippen LogP contribution is -2.14. The molecule has 0 unspecified atom stereocenters. The summed E-state index contributed by atoms with van der Waals surface area (Å²) in [6.45, 7) is 6.20. The fourth-order valence-electron chi connectivity index (χ4n) is 1.69. The van der Waals surface area contributed by atoms with E-state index in [1.807, 2.05) is 18.2 Å². The highest BCUT2D eigenvalue weighted by Crippen LogP contribution is 2.27. The van der Waals surface area contributed by atoms with Crippen molar-refractivity contribution in [1.82, 2.24) is 0 Å². The summed E-state index contributed by atoms with van der Waals surface area (Å²) >= 11 is 0. The Hall–Kier alpha value is -1.55. The molecule has 4 nitrogen and oxygen atoms in total. The first-order chi connectivity index (χ1) is 8.86. The zero-order valence-electron chi connectivity index (χ0n) is 12.0. The van der Waals surface area contributed by atoms with Crippen molar-refractivity contribution >= 4 is 5.97 Å². The second-order valence-electron chi connectivity index (χ2n) is 5.44. The van der Waals surface area contributed by atoms with Gasteiger partial charge in [0.05, 0.1) is 20.1 Å². The van der Waals surface area contributed by atoms with Gasteiger partial charge in [-0.3, -0.25) is 4.79 Å². The summed E-state index contributed by atoms with van der Waals surface area (Å²) in [5.74, 6) is 0.388. The lowest BCUT2D eigenvalue weighted by molar-refractivity contribution is -0.143. The molecule has 1 aromatic carbocycles. The van der Waals surface area contributed by atoms with E-state index in [0.717, 1.165) is 16.9 Å². The maximum atomic E-state index is 11.6. The summed E-state index contributed by atoms with van der Waals surface area (Å²) in [7, 11) is 1.61. The van der Waals surface area contributed by atoms with Crippen molar-refractivity contribution in [2.45, 2.75) is 32.6 Å². The molecule has 0 heterocycles. The van der Waals surface area contributed by atoms with Crippen molar-refractivity contribution in [3.63, 3.8) is 0 Å². The van der Waals surface area contributed by atoms with Crippen molar-refractivity contribution in [3.8, 4) is 5.75 Å². The van der Waals surface area contributed by atoms with E-state index in [1.54, 1.807) is 7.11 Å². The number of hydrogen-bond acceptors (Lipinski definition) is 4. The molecule has 1 N–H and O–H groups in total. The monoisotopic (exact) mass is 266 g/mol. The van der Waals surface area contributed by atoms with E-state index in [1.165, 1.54) is 0 Å². The van der Waals surface area contributed by atoms with E-state index in [0.29, 0.717) is 0 Å². The topological polar surface area (TPSA) is 55.8 Å². The van der Waals surface area contributed by atoms with Crippen LogP contribution in [0, 0.1) is 0 Å². The third kappa shape index (κ3) is 4.91. The number of rotatable bonds is 5. The van der Waals surface area contributed by atoms with Gasteiger partial charge in [0.15, 0.2) is 0 Å². The second kappa shape index (κ2) is 6.57.